The SMILES string of the molecule is Cl.N[C@@H](CO)c1cc(OC(F)(F)F)ccc1O. The fourth-order valence-electron chi connectivity index (χ4n) is 1.13. The van der Waals surface area contributed by atoms with Gasteiger partial charge in [-0.3, -0.25) is 0 Å². The molecule has 0 unspecified atom stereocenters. The van der Waals surface area contributed by atoms with Gasteiger partial charge in [-0.15, -0.1) is 25.6 Å². The molecule has 1 rings (SSSR count). The van der Waals surface area contributed by atoms with E-state index in [1.54, 1.807) is 0 Å². The quantitative estimate of drug-likeness (QED) is 0.784. The summed E-state index contributed by atoms with van der Waals surface area (Å²) in [4.78, 5) is 0. The Balaban J connectivity index is 0.00000256. The average molecular weight is 274 g/mol. The molecule has 0 bridgehead atoms. The van der Waals surface area contributed by atoms with E-state index in [2.05, 4.69) is 4.74 Å². The maximum atomic E-state index is 11.9. The third-order valence-corrected chi connectivity index (χ3v) is 1.83. The molecule has 17 heavy (non-hydrogen) atoms. The lowest BCUT2D eigenvalue weighted by molar-refractivity contribution is -0.274. The minimum atomic E-state index is -4.81. The van der Waals surface area contributed by atoms with E-state index >= 15 is 0 Å². The van der Waals surface area contributed by atoms with Crippen molar-refractivity contribution in [3.8, 4) is 11.5 Å². The van der Waals surface area contributed by atoms with Gasteiger partial charge in [-0.25, -0.2) is 0 Å². The number of hydrogen-bond acceptors (Lipinski definition) is 4. The van der Waals surface area contributed by atoms with Crippen LogP contribution in [0.4, 0.5) is 13.2 Å². The molecule has 4 N–H and O–H groups in total. The number of hydrogen-bond donors (Lipinski definition) is 3. The Morgan fingerprint density at radius 1 is 1.35 bits per heavy atom. The first kappa shape index (κ1) is 15.8. The summed E-state index contributed by atoms with van der Waals surface area (Å²) in [6, 6.07) is 1.95. The number of nitrogens with two attached hydrogens (primary N) is 1. The van der Waals surface area contributed by atoms with Crippen molar-refractivity contribution in [3.05, 3.63) is 23.8 Å². The van der Waals surface area contributed by atoms with Gasteiger partial charge >= 0.3 is 6.36 Å². The number of rotatable bonds is 3. The van der Waals surface area contributed by atoms with E-state index in [1.165, 1.54) is 0 Å². The molecular formula is C9H11ClF3NO3. The zero-order valence-corrected chi connectivity index (χ0v) is 9.26. The highest BCUT2D eigenvalue weighted by molar-refractivity contribution is 5.85. The zero-order chi connectivity index (χ0) is 12.3. The van der Waals surface area contributed by atoms with E-state index < -0.39 is 24.8 Å². The third kappa shape index (κ3) is 4.68. The number of ether oxygens (including phenoxy) is 1. The highest BCUT2D eigenvalue weighted by atomic mass is 35.5. The van der Waals surface area contributed by atoms with Crippen LogP contribution in [0.25, 0.3) is 0 Å². The Hall–Kier alpha value is -1.18. The summed E-state index contributed by atoms with van der Waals surface area (Å²) in [5.41, 5.74) is 5.37. The van der Waals surface area contributed by atoms with Gasteiger partial charge in [0.2, 0.25) is 0 Å². The number of halogens is 4. The van der Waals surface area contributed by atoms with Crippen molar-refractivity contribution in [1.82, 2.24) is 0 Å². The van der Waals surface area contributed by atoms with Gasteiger partial charge in [-0.05, 0) is 18.2 Å². The monoisotopic (exact) mass is 273 g/mol. The molecule has 0 aliphatic carbocycles. The number of benzene rings is 1. The first-order chi connectivity index (χ1) is 7.33. The molecule has 0 aliphatic heterocycles. The van der Waals surface area contributed by atoms with Crippen molar-refractivity contribution in [2.24, 2.45) is 5.73 Å². The van der Waals surface area contributed by atoms with Crippen LogP contribution < -0.4 is 10.5 Å². The van der Waals surface area contributed by atoms with E-state index in [0.29, 0.717) is 0 Å². The second kappa shape index (κ2) is 5.95. The summed E-state index contributed by atoms with van der Waals surface area (Å²) in [5.74, 6) is -0.791. The predicted octanol–water partition coefficient (Wildman–Crippen LogP) is 1.70. The summed E-state index contributed by atoms with van der Waals surface area (Å²) >= 11 is 0. The molecule has 0 saturated carbocycles. The van der Waals surface area contributed by atoms with Gasteiger partial charge in [0.25, 0.3) is 0 Å². The Bertz CT molecular complexity index is 373. The Morgan fingerprint density at radius 2 is 1.94 bits per heavy atom. The summed E-state index contributed by atoms with van der Waals surface area (Å²) < 4.78 is 39.3. The molecule has 0 aromatic heterocycles. The van der Waals surface area contributed by atoms with Crippen molar-refractivity contribution in [2.45, 2.75) is 12.4 Å². The fraction of sp³-hybridized carbons (Fsp3) is 0.333. The van der Waals surface area contributed by atoms with Gasteiger partial charge in [0, 0.05) is 5.56 Å². The van der Waals surface area contributed by atoms with Crippen LogP contribution in [-0.2, 0) is 0 Å². The fourth-order valence-corrected chi connectivity index (χ4v) is 1.13. The number of aromatic hydroxyl groups is 1. The molecule has 1 atom stereocenters. The van der Waals surface area contributed by atoms with Crippen LogP contribution in [0.5, 0.6) is 11.5 Å². The minimum absolute atomic E-state index is 0. The third-order valence-electron chi connectivity index (χ3n) is 1.83. The van der Waals surface area contributed by atoms with Crippen molar-refractivity contribution in [2.75, 3.05) is 6.61 Å². The van der Waals surface area contributed by atoms with Gasteiger partial charge in [-0.2, -0.15) is 0 Å². The van der Waals surface area contributed by atoms with Crippen molar-refractivity contribution in [3.63, 3.8) is 0 Å². The van der Waals surface area contributed by atoms with Gasteiger partial charge in [0.15, 0.2) is 0 Å². The molecule has 0 saturated heterocycles. The first-order valence-electron chi connectivity index (χ1n) is 4.28. The van der Waals surface area contributed by atoms with Gasteiger partial charge in [0.05, 0.1) is 12.6 Å². The van der Waals surface area contributed by atoms with Crippen LogP contribution in [0.3, 0.4) is 0 Å². The molecule has 1 aromatic carbocycles. The van der Waals surface area contributed by atoms with E-state index in [-0.39, 0.29) is 23.7 Å². The molecule has 8 heteroatoms. The van der Waals surface area contributed by atoms with Crippen LogP contribution in [0.1, 0.15) is 11.6 Å². The molecule has 1 aromatic rings. The van der Waals surface area contributed by atoms with Crippen molar-refractivity contribution >= 4 is 12.4 Å². The largest absolute Gasteiger partial charge is 0.573 e. The lowest BCUT2D eigenvalue weighted by Crippen LogP contribution is -2.18. The maximum Gasteiger partial charge on any atom is 0.573 e. The highest BCUT2D eigenvalue weighted by Crippen LogP contribution is 2.30. The number of phenols is 1. The van der Waals surface area contributed by atoms with Gasteiger partial charge in [-0.1, -0.05) is 0 Å². The molecule has 0 fully saturated rings. The number of aliphatic hydroxyl groups is 1. The number of phenolic OH excluding ortho intramolecular Hbond substituents is 1. The van der Waals surface area contributed by atoms with Crippen LogP contribution in [0.2, 0.25) is 0 Å². The Kier molecular flexibility index (Phi) is 5.53. The van der Waals surface area contributed by atoms with Gasteiger partial charge in [0.1, 0.15) is 11.5 Å². The van der Waals surface area contributed by atoms with Crippen molar-refractivity contribution in [1.29, 1.82) is 0 Å². The normalized spacial score (nSPS) is 12.8. The average Bonchev–Trinajstić information content (AvgIpc) is 2.18. The van der Waals surface area contributed by atoms with Crippen LogP contribution in [0.15, 0.2) is 18.2 Å². The molecule has 0 aliphatic rings. The molecule has 98 valence electrons. The molecular weight excluding hydrogens is 263 g/mol. The summed E-state index contributed by atoms with van der Waals surface area (Å²) in [7, 11) is 0. The van der Waals surface area contributed by atoms with E-state index in [0.717, 1.165) is 18.2 Å². The lowest BCUT2D eigenvalue weighted by Gasteiger charge is -2.14. The van der Waals surface area contributed by atoms with Crippen molar-refractivity contribution < 1.29 is 28.1 Å². The minimum Gasteiger partial charge on any atom is -0.508 e. The second-order valence-corrected chi connectivity index (χ2v) is 3.06. The Morgan fingerprint density at radius 3 is 2.41 bits per heavy atom. The Labute approximate surface area is 101 Å². The second-order valence-electron chi connectivity index (χ2n) is 3.06. The molecule has 0 radical (unpaired) electrons. The lowest BCUT2D eigenvalue weighted by atomic mass is 10.1. The van der Waals surface area contributed by atoms with E-state index in [4.69, 9.17) is 10.8 Å². The summed E-state index contributed by atoms with van der Waals surface area (Å²) in [6.45, 7) is -0.497. The number of aliphatic hydroxyl groups excluding tert-OH is 1. The smallest absolute Gasteiger partial charge is 0.508 e. The van der Waals surface area contributed by atoms with Crippen LogP contribution in [-0.4, -0.2) is 23.2 Å². The molecule has 0 heterocycles. The molecule has 0 amide bonds. The molecule has 0 spiro atoms. The topological polar surface area (TPSA) is 75.7 Å². The zero-order valence-electron chi connectivity index (χ0n) is 8.44. The summed E-state index contributed by atoms with van der Waals surface area (Å²) in [6.07, 6.45) is -4.81. The van der Waals surface area contributed by atoms with E-state index in [9.17, 15) is 18.3 Å². The first-order valence-corrected chi connectivity index (χ1v) is 4.28. The summed E-state index contributed by atoms with van der Waals surface area (Å²) in [5, 5.41) is 18.0. The maximum absolute atomic E-state index is 11.9. The standard InChI is InChI=1S/C9H10F3NO3.ClH/c10-9(11,12)16-5-1-2-8(15)6(3-5)7(13)4-14;/h1-3,7,14-15H,4,13H2;1H/t7-;/m0./s1. The predicted molar refractivity (Wildman–Crippen MR) is 56.1 cm³/mol. The molecule has 4 nitrogen and oxygen atoms in total. The highest BCUT2D eigenvalue weighted by Gasteiger charge is 2.31. The number of alkyl halides is 3. The van der Waals surface area contributed by atoms with E-state index in [1.807, 2.05) is 0 Å². The van der Waals surface area contributed by atoms with Gasteiger partial charge < -0.3 is 20.7 Å². The van der Waals surface area contributed by atoms with Crippen LogP contribution >= 0.6 is 12.4 Å². The van der Waals surface area contributed by atoms with Crippen LogP contribution in [0, 0.1) is 0 Å².